The Bertz CT molecular complexity index is 734. The maximum atomic E-state index is 13.2. The standard InChI is InChI=1S/C15H9F6NO/c16-14(17,18)10-7-6-9(8-4-2-1-3-5-8)11(13(22)23)12(10)15(19,20)21/h1-7H,(H2,22,23). The van der Waals surface area contributed by atoms with Crippen molar-refractivity contribution >= 4 is 5.91 Å². The minimum absolute atomic E-state index is 0.153. The van der Waals surface area contributed by atoms with Crippen molar-refractivity contribution in [3.05, 3.63) is 59.2 Å². The monoisotopic (exact) mass is 333 g/mol. The molecule has 2 rings (SSSR count). The molecule has 0 saturated heterocycles. The molecule has 0 aliphatic carbocycles. The van der Waals surface area contributed by atoms with Crippen molar-refractivity contribution in [3.63, 3.8) is 0 Å². The van der Waals surface area contributed by atoms with Crippen LogP contribution in [0.25, 0.3) is 11.1 Å². The van der Waals surface area contributed by atoms with Gasteiger partial charge in [0.05, 0.1) is 16.7 Å². The molecule has 2 aromatic rings. The molecule has 0 heterocycles. The second-order valence-electron chi connectivity index (χ2n) is 4.64. The molecule has 2 aromatic carbocycles. The van der Waals surface area contributed by atoms with Crippen molar-refractivity contribution in [2.24, 2.45) is 5.73 Å². The van der Waals surface area contributed by atoms with Crippen LogP contribution in [0.1, 0.15) is 21.5 Å². The molecule has 0 aliphatic heterocycles. The van der Waals surface area contributed by atoms with Gasteiger partial charge in [-0.15, -0.1) is 0 Å². The summed E-state index contributed by atoms with van der Waals surface area (Å²) in [5.74, 6) is -1.58. The van der Waals surface area contributed by atoms with Crippen molar-refractivity contribution in [1.82, 2.24) is 0 Å². The molecule has 8 heteroatoms. The highest BCUT2D eigenvalue weighted by molar-refractivity contribution is 6.02. The second-order valence-corrected chi connectivity index (χ2v) is 4.64. The molecule has 0 atom stereocenters. The third-order valence-electron chi connectivity index (χ3n) is 3.13. The normalized spacial score (nSPS) is 12.3. The topological polar surface area (TPSA) is 43.1 Å². The van der Waals surface area contributed by atoms with Crippen LogP contribution in [-0.2, 0) is 12.4 Å². The second kappa shape index (κ2) is 5.60. The number of benzene rings is 2. The first kappa shape index (κ1) is 16.9. The summed E-state index contributed by atoms with van der Waals surface area (Å²) in [4.78, 5) is 11.5. The Morgan fingerprint density at radius 3 is 1.83 bits per heavy atom. The van der Waals surface area contributed by atoms with E-state index >= 15 is 0 Å². The predicted octanol–water partition coefficient (Wildman–Crippen LogP) is 4.49. The number of carbonyl (C=O) groups is 1. The van der Waals surface area contributed by atoms with E-state index in [9.17, 15) is 31.1 Å². The Morgan fingerprint density at radius 2 is 1.39 bits per heavy atom. The number of halogens is 6. The van der Waals surface area contributed by atoms with E-state index in [1.54, 1.807) is 6.07 Å². The minimum atomic E-state index is -5.39. The average Bonchev–Trinajstić information content (AvgIpc) is 2.44. The average molecular weight is 333 g/mol. The van der Waals surface area contributed by atoms with Gasteiger partial charge >= 0.3 is 12.4 Å². The molecule has 122 valence electrons. The van der Waals surface area contributed by atoms with E-state index in [1.807, 2.05) is 0 Å². The van der Waals surface area contributed by atoms with Gasteiger partial charge in [0.25, 0.3) is 0 Å². The molecule has 2 nitrogen and oxygen atoms in total. The number of rotatable bonds is 2. The molecular formula is C15H9F6NO. The quantitative estimate of drug-likeness (QED) is 0.809. The molecule has 0 radical (unpaired) electrons. The first-order valence-corrected chi connectivity index (χ1v) is 6.20. The lowest BCUT2D eigenvalue weighted by atomic mass is 9.90. The first-order chi connectivity index (χ1) is 10.5. The van der Waals surface area contributed by atoms with E-state index in [2.05, 4.69) is 0 Å². The summed E-state index contributed by atoms with van der Waals surface area (Å²) in [5.41, 5.74) is -0.411. The fourth-order valence-electron chi connectivity index (χ4n) is 2.25. The van der Waals surface area contributed by atoms with E-state index < -0.39 is 35.0 Å². The molecule has 0 aliphatic rings. The van der Waals surface area contributed by atoms with Gasteiger partial charge in [0, 0.05) is 0 Å². The summed E-state index contributed by atoms with van der Waals surface area (Å²) < 4.78 is 78.3. The summed E-state index contributed by atoms with van der Waals surface area (Å²) in [6, 6.07) is 8.38. The molecule has 1 amide bonds. The molecule has 0 spiro atoms. The van der Waals surface area contributed by atoms with Crippen molar-refractivity contribution in [2.75, 3.05) is 0 Å². The molecular weight excluding hydrogens is 324 g/mol. The SMILES string of the molecule is NC(=O)c1c(-c2ccccc2)ccc(C(F)(F)F)c1C(F)(F)F. The highest BCUT2D eigenvalue weighted by Crippen LogP contribution is 2.44. The van der Waals surface area contributed by atoms with Crippen LogP contribution in [0, 0.1) is 0 Å². The van der Waals surface area contributed by atoms with Gasteiger partial charge in [0.15, 0.2) is 0 Å². The fourth-order valence-corrected chi connectivity index (χ4v) is 2.25. The van der Waals surface area contributed by atoms with E-state index in [0.717, 1.165) is 6.07 Å². The highest BCUT2D eigenvalue weighted by atomic mass is 19.4. The summed E-state index contributed by atoms with van der Waals surface area (Å²) >= 11 is 0. The van der Waals surface area contributed by atoms with Crippen molar-refractivity contribution in [1.29, 1.82) is 0 Å². The van der Waals surface area contributed by atoms with Crippen molar-refractivity contribution in [2.45, 2.75) is 12.4 Å². The zero-order chi connectivity index (χ0) is 17.4. The number of alkyl halides is 6. The summed E-state index contributed by atoms with van der Waals surface area (Å²) in [6.45, 7) is 0. The lowest BCUT2D eigenvalue weighted by Crippen LogP contribution is -2.25. The fraction of sp³-hybridized carbons (Fsp3) is 0.133. The van der Waals surface area contributed by atoms with Gasteiger partial charge in [-0.1, -0.05) is 36.4 Å². The van der Waals surface area contributed by atoms with Crippen LogP contribution in [0.3, 0.4) is 0 Å². The van der Waals surface area contributed by atoms with Crippen LogP contribution >= 0.6 is 0 Å². The van der Waals surface area contributed by atoms with Crippen LogP contribution in [0.4, 0.5) is 26.3 Å². The zero-order valence-corrected chi connectivity index (χ0v) is 11.3. The van der Waals surface area contributed by atoms with Gasteiger partial charge in [-0.05, 0) is 17.2 Å². The maximum absolute atomic E-state index is 13.2. The molecule has 0 saturated carbocycles. The molecule has 0 fully saturated rings. The van der Waals surface area contributed by atoms with Crippen LogP contribution in [-0.4, -0.2) is 5.91 Å². The summed E-state index contributed by atoms with van der Waals surface area (Å²) in [5, 5.41) is 0. The Morgan fingerprint density at radius 1 is 0.826 bits per heavy atom. The van der Waals surface area contributed by atoms with Gasteiger partial charge in [-0.25, -0.2) is 0 Å². The van der Waals surface area contributed by atoms with Gasteiger partial charge in [0.2, 0.25) is 5.91 Å². The van der Waals surface area contributed by atoms with Gasteiger partial charge in [0.1, 0.15) is 0 Å². The van der Waals surface area contributed by atoms with E-state index in [1.165, 1.54) is 24.3 Å². The molecule has 0 bridgehead atoms. The molecule has 0 aromatic heterocycles. The Labute approximate surface area is 126 Å². The number of carbonyl (C=O) groups excluding carboxylic acids is 1. The van der Waals surface area contributed by atoms with E-state index in [4.69, 9.17) is 5.73 Å². The Balaban J connectivity index is 2.91. The Hall–Kier alpha value is -2.51. The minimum Gasteiger partial charge on any atom is -0.366 e. The number of hydrogen-bond acceptors (Lipinski definition) is 1. The van der Waals surface area contributed by atoms with Gasteiger partial charge in [-0.3, -0.25) is 4.79 Å². The third kappa shape index (κ3) is 3.30. The third-order valence-corrected chi connectivity index (χ3v) is 3.13. The summed E-state index contributed by atoms with van der Waals surface area (Å²) in [7, 11) is 0. The zero-order valence-electron chi connectivity index (χ0n) is 11.3. The molecule has 0 unspecified atom stereocenters. The van der Waals surface area contributed by atoms with E-state index in [-0.39, 0.29) is 11.1 Å². The lowest BCUT2D eigenvalue weighted by Gasteiger charge is -2.20. The maximum Gasteiger partial charge on any atom is 0.417 e. The summed E-state index contributed by atoms with van der Waals surface area (Å²) in [6.07, 6.45) is -10.7. The van der Waals surface area contributed by atoms with E-state index in [0.29, 0.717) is 6.07 Å². The van der Waals surface area contributed by atoms with Gasteiger partial charge < -0.3 is 5.73 Å². The lowest BCUT2D eigenvalue weighted by molar-refractivity contribution is -0.162. The number of nitrogens with two attached hydrogens (primary N) is 1. The number of primary amides is 1. The van der Waals surface area contributed by atoms with Crippen LogP contribution in [0.15, 0.2) is 42.5 Å². The Kier molecular flexibility index (Phi) is 4.10. The smallest absolute Gasteiger partial charge is 0.366 e. The van der Waals surface area contributed by atoms with Gasteiger partial charge in [-0.2, -0.15) is 26.3 Å². The van der Waals surface area contributed by atoms with Crippen LogP contribution < -0.4 is 5.73 Å². The number of hydrogen-bond donors (Lipinski definition) is 1. The highest BCUT2D eigenvalue weighted by Gasteiger charge is 2.46. The van der Waals surface area contributed by atoms with Crippen LogP contribution in [0.5, 0.6) is 0 Å². The molecule has 2 N–H and O–H groups in total. The van der Waals surface area contributed by atoms with Crippen molar-refractivity contribution < 1.29 is 31.1 Å². The molecule has 23 heavy (non-hydrogen) atoms. The largest absolute Gasteiger partial charge is 0.417 e. The first-order valence-electron chi connectivity index (χ1n) is 6.20. The van der Waals surface area contributed by atoms with Crippen molar-refractivity contribution in [3.8, 4) is 11.1 Å². The number of amides is 1. The predicted molar refractivity (Wildman–Crippen MR) is 70.4 cm³/mol. The van der Waals surface area contributed by atoms with Crippen LogP contribution in [0.2, 0.25) is 0 Å².